The van der Waals surface area contributed by atoms with E-state index in [0.29, 0.717) is 43.9 Å². The summed E-state index contributed by atoms with van der Waals surface area (Å²) in [5, 5.41) is 0. The van der Waals surface area contributed by atoms with Crippen molar-refractivity contribution in [3.05, 3.63) is 64.6 Å². The summed E-state index contributed by atoms with van der Waals surface area (Å²) < 4.78 is 29.2. The van der Waals surface area contributed by atoms with Crippen molar-refractivity contribution in [3.8, 4) is 0 Å². The lowest BCUT2D eigenvalue weighted by molar-refractivity contribution is -0.138. The smallest absolute Gasteiger partial charge is 0.326 e. The maximum atomic E-state index is 13.2. The van der Waals surface area contributed by atoms with E-state index in [9.17, 15) is 18.0 Å². The van der Waals surface area contributed by atoms with Crippen LogP contribution in [-0.2, 0) is 14.8 Å². The van der Waals surface area contributed by atoms with Gasteiger partial charge in [0.1, 0.15) is 0 Å². The Morgan fingerprint density at radius 2 is 1.56 bits per heavy atom. The highest BCUT2D eigenvalue weighted by molar-refractivity contribution is 7.89. The normalized spacial score (nSPS) is 19.0. The van der Waals surface area contributed by atoms with Gasteiger partial charge in [-0.25, -0.2) is 13.2 Å². The zero-order valence-electron chi connectivity index (χ0n) is 19.3. The maximum Gasteiger partial charge on any atom is 0.326 e. The van der Waals surface area contributed by atoms with Gasteiger partial charge in [0.05, 0.1) is 15.9 Å². The molecule has 0 atom stereocenters. The molecule has 1 aromatic heterocycles. The van der Waals surface area contributed by atoms with Gasteiger partial charge in [-0.05, 0) is 56.9 Å². The van der Waals surface area contributed by atoms with Crippen molar-refractivity contribution in [2.45, 2.75) is 43.5 Å². The second-order valence-corrected chi connectivity index (χ2v) is 11.3. The number of imidazole rings is 1. The highest BCUT2D eigenvalue weighted by Gasteiger charge is 2.35. The third-order valence-electron chi connectivity index (χ3n) is 7.23. The van der Waals surface area contributed by atoms with E-state index in [2.05, 4.69) is 4.98 Å². The molecule has 2 aromatic carbocycles. The van der Waals surface area contributed by atoms with Crippen LogP contribution < -0.4 is 5.69 Å². The minimum Gasteiger partial charge on any atom is -0.342 e. The fourth-order valence-corrected chi connectivity index (χ4v) is 6.71. The van der Waals surface area contributed by atoms with Gasteiger partial charge < -0.3 is 9.88 Å². The Hall–Kier alpha value is -2.91. The summed E-state index contributed by atoms with van der Waals surface area (Å²) in [5.74, 6) is -0.0473. The molecule has 0 spiro atoms. The number of sulfonamides is 1. The number of piperidine rings is 2. The molecule has 2 fully saturated rings. The maximum absolute atomic E-state index is 13.2. The first-order valence-corrected chi connectivity index (χ1v) is 13.3. The third kappa shape index (κ3) is 4.18. The van der Waals surface area contributed by atoms with E-state index in [1.54, 1.807) is 24.3 Å². The molecular weight excluding hydrogens is 452 g/mol. The molecule has 34 heavy (non-hydrogen) atoms. The van der Waals surface area contributed by atoms with Gasteiger partial charge >= 0.3 is 5.69 Å². The Balaban J connectivity index is 1.19. The molecule has 1 amide bonds. The Morgan fingerprint density at radius 3 is 2.24 bits per heavy atom. The molecule has 8 nitrogen and oxygen atoms in total. The SMILES string of the molecule is Cc1ccc(S(=O)(=O)N2CCC(C(=O)N3CCC(n4c(=O)[nH]c5ccccc54)CC3)CC2)cc1. The average molecular weight is 483 g/mol. The number of benzene rings is 2. The predicted octanol–water partition coefficient (Wildman–Crippen LogP) is 2.90. The fourth-order valence-electron chi connectivity index (χ4n) is 5.24. The van der Waals surface area contributed by atoms with Gasteiger partial charge in [0.2, 0.25) is 15.9 Å². The minimum atomic E-state index is -3.53. The molecule has 2 aliphatic rings. The van der Waals surface area contributed by atoms with Crippen molar-refractivity contribution in [1.82, 2.24) is 18.8 Å². The van der Waals surface area contributed by atoms with Crippen LogP contribution in [-0.4, -0.2) is 59.3 Å². The molecule has 9 heteroatoms. The van der Waals surface area contributed by atoms with Crippen LogP contribution in [0.1, 0.15) is 37.3 Å². The monoisotopic (exact) mass is 482 g/mol. The number of hydrogen-bond acceptors (Lipinski definition) is 4. The lowest BCUT2D eigenvalue weighted by atomic mass is 9.94. The number of hydrogen-bond donors (Lipinski definition) is 1. The number of carbonyl (C=O) groups is 1. The number of fused-ring (bicyclic) bond motifs is 1. The number of aromatic amines is 1. The van der Waals surface area contributed by atoms with Gasteiger partial charge in [-0.15, -0.1) is 0 Å². The van der Waals surface area contributed by atoms with Gasteiger partial charge in [0.15, 0.2) is 0 Å². The van der Waals surface area contributed by atoms with E-state index in [0.717, 1.165) is 29.4 Å². The number of nitrogens with one attached hydrogen (secondary N) is 1. The van der Waals surface area contributed by atoms with Crippen LogP contribution in [0.15, 0.2) is 58.2 Å². The van der Waals surface area contributed by atoms with Crippen LogP contribution in [0.5, 0.6) is 0 Å². The summed E-state index contributed by atoms with van der Waals surface area (Å²) in [4.78, 5) is 30.8. The fraction of sp³-hybridized carbons (Fsp3) is 0.440. The van der Waals surface area contributed by atoms with Gasteiger partial charge in [0.25, 0.3) is 0 Å². The summed E-state index contributed by atoms with van der Waals surface area (Å²) in [6, 6.07) is 14.6. The molecule has 3 heterocycles. The Kier molecular flexibility index (Phi) is 6.07. The standard InChI is InChI=1S/C25H30N4O4S/c1-18-6-8-21(9-7-18)34(32,33)28-16-10-19(11-17-28)24(30)27-14-12-20(13-15-27)29-23-5-3-2-4-22(23)26-25(29)31/h2-9,19-20H,10-17H2,1H3,(H,26,31). The Bertz CT molecular complexity index is 1340. The van der Waals surface area contributed by atoms with Gasteiger partial charge in [0, 0.05) is 38.1 Å². The lowest BCUT2D eigenvalue weighted by Gasteiger charge is -2.37. The predicted molar refractivity (Wildman–Crippen MR) is 130 cm³/mol. The van der Waals surface area contributed by atoms with Crippen LogP contribution in [0, 0.1) is 12.8 Å². The van der Waals surface area contributed by atoms with E-state index in [4.69, 9.17) is 0 Å². The minimum absolute atomic E-state index is 0.0641. The van der Waals surface area contributed by atoms with Crippen LogP contribution in [0.4, 0.5) is 0 Å². The number of H-pyrrole nitrogens is 1. The molecule has 2 saturated heterocycles. The highest BCUT2D eigenvalue weighted by Crippen LogP contribution is 2.29. The largest absolute Gasteiger partial charge is 0.342 e. The molecule has 1 N–H and O–H groups in total. The molecule has 0 unspecified atom stereocenters. The zero-order valence-corrected chi connectivity index (χ0v) is 20.1. The second kappa shape index (κ2) is 9.03. The lowest BCUT2D eigenvalue weighted by Crippen LogP contribution is -2.47. The third-order valence-corrected chi connectivity index (χ3v) is 9.14. The van der Waals surface area contributed by atoms with Crippen molar-refractivity contribution >= 4 is 27.0 Å². The number of carbonyl (C=O) groups excluding carboxylic acids is 1. The van der Waals surface area contributed by atoms with Crippen LogP contribution in [0.25, 0.3) is 11.0 Å². The van der Waals surface area contributed by atoms with Crippen molar-refractivity contribution < 1.29 is 13.2 Å². The topological polar surface area (TPSA) is 95.5 Å². The first-order chi connectivity index (χ1) is 16.3. The van der Waals surface area contributed by atoms with Crippen molar-refractivity contribution in [2.75, 3.05) is 26.2 Å². The first-order valence-electron chi connectivity index (χ1n) is 11.9. The van der Waals surface area contributed by atoms with E-state index in [1.807, 2.05) is 40.7 Å². The van der Waals surface area contributed by atoms with E-state index in [-0.39, 0.29) is 23.6 Å². The van der Waals surface area contributed by atoms with Crippen molar-refractivity contribution in [2.24, 2.45) is 5.92 Å². The molecule has 180 valence electrons. The average Bonchev–Trinajstić information content (AvgIpc) is 3.19. The highest BCUT2D eigenvalue weighted by atomic mass is 32.2. The first kappa shape index (κ1) is 22.9. The molecule has 0 aliphatic carbocycles. The summed E-state index contributed by atoms with van der Waals surface area (Å²) in [6.07, 6.45) is 2.53. The van der Waals surface area contributed by atoms with E-state index in [1.165, 1.54) is 4.31 Å². The quantitative estimate of drug-likeness (QED) is 0.619. The molecule has 2 aliphatic heterocycles. The number of aryl methyl sites for hydroxylation is 1. The number of amides is 1. The second-order valence-electron chi connectivity index (χ2n) is 9.37. The molecule has 0 bridgehead atoms. The number of likely N-dealkylation sites (tertiary alicyclic amines) is 1. The summed E-state index contributed by atoms with van der Waals surface area (Å²) in [6.45, 7) is 3.85. The molecular formula is C25H30N4O4S. The van der Waals surface area contributed by atoms with E-state index >= 15 is 0 Å². The van der Waals surface area contributed by atoms with Gasteiger partial charge in [-0.3, -0.25) is 9.36 Å². The number of para-hydroxylation sites is 2. The number of nitrogens with zero attached hydrogens (tertiary/aromatic N) is 3. The van der Waals surface area contributed by atoms with E-state index < -0.39 is 10.0 Å². The van der Waals surface area contributed by atoms with Crippen molar-refractivity contribution in [3.63, 3.8) is 0 Å². The zero-order chi connectivity index (χ0) is 23.9. The molecule has 0 radical (unpaired) electrons. The summed E-state index contributed by atoms with van der Waals surface area (Å²) in [7, 11) is -3.53. The summed E-state index contributed by atoms with van der Waals surface area (Å²) >= 11 is 0. The Labute approximate surface area is 199 Å². The Morgan fingerprint density at radius 1 is 0.912 bits per heavy atom. The van der Waals surface area contributed by atoms with Gasteiger partial charge in [-0.2, -0.15) is 4.31 Å². The van der Waals surface area contributed by atoms with Gasteiger partial charge in [-0.1, -0.05) is 29.8 Å². The molecule has 3 aromatic rings. The van der Waals surface area contributed by atoms with Crippen LogP contribution in [0.2, 0.25) is 0 Å². The van der Waals surface area contributed by atoms with Crippen LogP contribution >= 0.6 is 0 Å². The summed E-state index contributed by atoms with van der Waals surface area (Å²) in [5.41, 5.74) is 2.65. The number of aromatic nitrogens is 2. The van der Waals surface area contributed by atoms with Crippen molar-refractivity contribution in [1.29, 1.82) is 0 Å². The number of rotatable bonds is 4. The molecule has 0 saturated carbocycles. The van der Waals surface area contributed by atoms with Crippen LogP contribution in [0.3, 0.4) is 0 Å². The molecule has 5 rings (SSSR count).